The Morgan fingerprint density at radius 3 is 2.76 bits per heavy atom. The van der Waals surface area contributed by atoms with E-state index < -0.39 is 0 Å². The Bertz CT molecular complexity index is 371. The molecule has 0 aliphatic heterocycles. The lowest BCUT2D eigenvalue weighted by atomic mass is 10.3. The predicted octanol–water partition coefficient (Wildman–Crippen LogP) is 1.85. The normalized spacial score (nSPS) is 11.7. The van der Waals surface area contributed by atoms with Gasteiger partial charge in [0.2, 0.25) is 0 Å². The number of aliphatic imine (C=N–C) groups is 1. The molecular formula is C13H22N4. The first-order chi connectivity index (χ1) is 8.11. The molecule has 1 aromatic rings. The predicted molar refractivity (Wildman–Crippen MR) is 72.1 cm³/mol. The van der Waals surface area contributed by atoms with Crippen LogP contribution in [0.15, 0.2) is 23.2 Å². The minimum absolute atomic E-state index is 0.373. The molecule has 0 unspecified atom stereocenters. The van der Waals surface area contributed by atoms with Crippen LogP contribution < -0.4 is 10.6 Å². The molecule has 1 rings (SSSR count). The number of nitrogens with one attached hydrogen (secondary N) is 2. The Morgan fingerprint density at radius 1 is 1.41 bits per heavy atom. The lowest BCUT2D eigenvalue weighted by molar-refractivity contribution is 0.699. The van der Waals surface area contributed by atoms with Crippen LogP contribution in [0.5, 0.6) is 0 Å². The van der Waals surface area contributed by atoms with Crippen molar-refractivity contribution in [1.82, 2.24) is 15.6 Å². The average molecular weight is 234 g/mol. The second kappa shape index (κ2) is 6.89. The van der Waals surface area contributed by atoms with Crippen LogP contribution in [0.25, 0.3) is 0 Å². The maximum atomic E-state index is 4.50. The first-order valence-electron chi connectivity index (χ1n) is 6.09. The van der Waals surface area contributed by atoms with Crippen molar-refractivity contribution in [2.24, 2.45) is 4.99 Å². The fourth-order valence-corrected chi connectivity index (χ4v) is 1.44. The van der Waals surface area contributed by atoms with Crippen molar-refractivity contribution in [1.29, 1.82) is 0 Å². The molecule has 1 aromatic heterocycles. The number of rotatable bonds is 4. The molecular weight excluding hydrogens is 212 g/mol. The van der Waals surface area contributed by atoms with E-state index in [2.05, 4.69) is 41.4 Å². The van der Waals surface area contributed by atoms with Gasteiger partial charge in [-0.15, -0.1) is 0 Å². The minimum Gasteiger partial charge on any atom is -0.357 e. The fourth-order valence-electron chi connectivity index (χ4n) is 1.44. The summed E-state index contributed by atoms with van der Waals surface area (Å²) >= 11 is 0. The Kier molecular flexibility index (Phi) is 5.46. The van der Waals surface area contributed by atoms with Crippen molar-refractivity contribution in [3.05, 3.63) is 29.6 Å². The van der Waals surface area contributed by atoms with Gasteiger partial charge in [0.05, 0.1) is 12.2 Å². The van der Waals surface area contributed by atoms with Gasteiger partial charge in [-0.2, -0.15) is 0 Å². The van der Waals surface area contributed by atoms with Crippen LogP contribution in [-0.2, 0) is 6.54 Å². The quantitative estimate of drug-likeness (QED) is 0.617. The summed E-state index contributed by atoms with van der Waals surface area (Å²) in [6, 6.07) is 6.37. The van der Waals surface area contributed by atoms with Crippen LogP contribution in [-0.4, -0.2) is 23.5 Å². The van der Waals surface area contributed by atoms with Crippen molar-refractivity contribution >= 4 is 5.96 Å². The summed E-state index contributed by atoms with van der Waals surface area (Å²) in [5, 5.41) is 6.49. The van der Waals surface area contributed by atoms with E-state index in [1.165, 1.54) is 0 Å². The van der Waals surface area contributed by atoms with Crippen molar-refractivity contribution in [2.45, 2.75) is 40.3 Å². The van der Waals surface area contributed by atoms with Gasteiger partial charge in [0.25, 0.3) is 0 Å². The second-order valence-electron chi connectivity index (χ2n) is 4.26. The Morgan fingerprint density at radius 2 is 2.18 bits per heavy atom. The van der Waals surface area contributed by atoms with E-state index in [1.807, 2.05) is 25.1 Å². The minimum atomic E-state index is 0.373. The highest BCUT2D eigenvalue weighted by atomic mass is 15.2. The number of guanidine groups is 1. The standard InChI is InChI=1S/C13H22N4/c1-5-14-13(16-10(2)3)15-9-12-8-6-7-11(4)17-12/h6-8,10H,5,9H2,1-4H3,(H2,14,15,16). The van der Waals surface area contributed by atoms with Crippen molar-refractivity contribution in [3.8, 4) is 0 Å². The van der Waals surface area contributed by atoms with E-state index in [0.29, 0.717) is 12.6 Å². The van der Waals surface area contributed by atoms with E-state index >= 15 is 0 Å². The Hall–Kier alpha value is -1.58. The highest BCUT2D eigenvalue weighted by Gasteiger charge is 2.00. The van der Waals surface area contributed by atoms with Gasteiger partial charge in [-0.3, -0.25) is 4.98 Å². The molecule has 0 bridgehead atoms. The van der Waals surface area contributed by atoms with E-state index in [-0.39, 0.29) is 0 Å². The molecule has 17 heavy (non-hydrogen) atoms. The molecule has 0 aliphatic rings. The molecule has 2 N–H and O–H groups in total. The molecule has 0 amide bonds. The molecule has 94 valence electrons. The van der Waals surface area contributed by atoms with E-state index in [4.69, 9.17) is 0 Å². The molecule has 4 nitrogen and oxygen atoms in total. The first kappa shape index (κ1) is 13.5. The molecule has 0 saturated carbocycles. The maximum absolute atomic E-state index is 4.50. The lowest BCUT2D eigenvalue weighted by Gasteiger charge is -2.13. The molecule has 4 heteroatoms. The van der Waals surface area contributed by atoms with Gasteiger partial charge in [0.1, 0.15) is 0 Å². The molecule has 0 spiro atoms. The average Bonchev–Trinajstić information content (AvgIpc) is 2.26. The molecule has 0 radical (unpaired) electrons. The zero-order valence-electron chi connectivity index (χ0n) is 11.1. The van der Waals surface area contributed by atoms with Crippen LogP contribution in [0, 0.1) is 6.92 Å². The lowest BCUT2D eigenvalue weighted by Crippen LogP contribution is -2.41. The summed E-state index contributed by atoms with van der Waals surface area (Å²) in [6.45, 7) is 9.70. The fraction of sp³-hybridized carbons (Fsp3) is 0.538. The van der Waals surface area contributed by atoms with Gasteiger partial charge in [-0.25, -0.2) is 4.99 Å². The van der Waals surface area contributed by atoms with Gasteiger partial charge < -0.3 is 10.6 Å². The number of pyridine rings is 1. The highest BCUT2D eigenvalue weighted by molar-refractivity contribution is 5.79. The third-order valence-corrected chi connectivity index (χ3v) is 2.11. The summed E-state index contributed by atoms with van der Waals surface area (Å²) in [7, 11) is 0. The van der Waals surface area contributed by atoms with Crippen LogP contribution in [0.1, 0.15) is 32.2 Å². The SMILES string of the molecule is CCNC(=NCc1cccc(C)n1)NC(C)C. The van der Waals surface area contributed by atoms with Gasteiger partial charge in [0.15, 0.2) is 5.96 Å². The molecule has 0 atom stereocenters. The van der Waals surface area contributed by atoms with Crippen molar-refractivity contribution < 1.29 is 0 Å². The first-order valence-corrected chi connectivity index (χ1v) is 6.09. The number of hydrogen-bond acceptors (Lipinski definition) is 2. The summed E-state index contributed by atoms with van der Waals surface area (Å²) in [5.74, 6) is 0.839. The number of aryl methyl sites for hydroxylation is 1. The highest BCUT2D eigenvalue weighted by Crippen LogP contribution is 1.99. The molecule has 0 aromatic carbocycles. The zero-order valence-corrected chi connectivity index (χ0v) is 11.1. The smallest absolute Gasteiger partial charge is 0.191 e. The molecule has 0 saturated heterocycles. The van der Waals surface area contributed by atoms with Gasteiger partial charge in [-0.05, 0) is 39.8 Å². The van der Waals surface area contributed by atoms with Crippen LogP contribution in [0.3, 0.4) is 0 Å². The van der Waals surface area contributed by atoms with E-state index in [9.17, 15) is 0 Å². The van der Waals surface area contributed by atoms with Gasteiger partial charge in [-0.1, -0.05) is 6.07 Å². The van der Waals surface area contributed by atoms with Gasteiger partial charge >= 0.3 is 0 Å². The number of nitrogens with zero attached hydrogens (tertiary/aromatic N) is 2. The zero-order chi connectivity index (χ0) is 12.7. The van der Waals surface area contributed by atoms with Crippen LogP contribution >= 0.6 is 0 Å². The van der Waals surface area contributed by atoms with Crippen molar-refractivity contribution in [2.75, 3.05) is 6.54 Å². The van der Waals surface area contributed by atoms with Gasteiger partial charge in [0, 0.05) is 18.3 Å². The third-order valence-electron chi connectivity index (χ3n) is 2.11. The molecule has 1 heterocycles. The summed E-state index contributed by atoms with van der Waals surface area (Å²) in [4.78, 5) is 8.92. The van der Waals surface area contributed by atoms with E-state index in [1.54, 1.807) is 0 Å². The molecule has 0 fully saturated rings. The second-order valence-corrected chi connectivity index (χ2v) is 4.26. The van der Waals surface area contributed by atoms with Crippen LogP contribution in [0.2, 0.25) is 0 Å². The summed E-state index contributed by atoms with van der Waals surface area (Å²) < 4.78 is 0. The summed E-state index contributed by atoms with van der Waals surface area (Å²) in [6.07, 6.45) is 0. The maximum Gasteiger partial charge on any atom is 0.191 e. The third kappa shape index (κ3) is 5.33. The largest absolute Gasteiger partial charge is 0.357 e. The summed E-state index contributed by atoms with van der Waals surface area (Å²) in [5.41, 5.74) is 2.02. The monoisotopic (exact) mass is 234 g/mol. The number of aromatic nitrogens is 1. The molecule has 0 aliphatic carbocycles. The van der Waals surface area contributed by atoms with E-state index in [0.717, 1.165) is 23.9 Å². The van der Waals surface area contributed by atoms with Crippen molar-refractivity contribution in [3.63, 3.8) is 0 Å². The van der Waals surface area contributed by atoms with Crippen LogP contribution in [0.4, 0.5) is 0 Å². The topological polar surface area (TPSA) is 49.3 Å². The Balaban J connectivity index is 2.64. The number of hydrogen-bond donors (Lipinski definition) is 2. The Labute approximate surface area is 104 Å².